The highest BCUT2D eigenvalue weighted by molar-refractivity contribution is 7.98. The molecule has 0 N–H and O–H groups in total. The first-order valence-electron chi connectivity index (χ1n) is 6.06. The summed E-state index contributed by atoms with van der Waals surface area (Å²) in [6.07, 6.45) is 7.07. The molecule has 5 heteroatoms. The fourth-order valence-corrected chi connectivity index (χ4v) is 2.84. The van der Waals surface area contributed by atoms with Gasteiger partial charge in [-0.25, -0.2) is 9.97 Å². The topological polar surface area (TPSA) is 29.0 Å². The number of aromatic nitrogens is 2. The molecule has 0 aliphatic carbocycles. The van der Waals surface area contributed by atoms with Gasteiger partial charge in [-0.2, -0.15) is 0 Å². The molecule has 0 saturated carbocycles. The van der Waals surface area contributed by atoms with Gasteiger partial charge in [0.15, 0.2) is 5.16 Å². The SMILES string of the molecule is CSc1nc(Cl)cc(N2CCCCCC2C)n1. The third kappa shape index (κ3) is 3.26. The van der Waals surface area contributed by atoms with Crippen LogP contribution in [0.1, 0.15) is 32.6 Å². The molecule has 1 atom stereocenters. The summed E-state index contributed by atoms with van der Waals surface area (Å²) in [4.78, 5) is 11.1. The molecule has 94 valence electrons. The highest BCUT2D eigenvalue weighted by Gasteiger charge is 2.19. The van der Waals surface area contributed by atoms with E-state index < -0.39 is 0 Å². The lowest BCUT2D eigenvalue weighted by molar-refractivity contribution is 0.608. The van der Waals surface area contributed by atoms with Gasteiger partial charge < -0.3 is 4.90 Å². The molecule has 0 aromatic carbocycles. The van der Waals surface area contributed by atoms with Crippen molar-refractivity contribution in [3.8, 4) is 0 Å². The predicted octanol–water partition coefficient (Wildman–Crippen LogP) is 3.62. The summed E-state index contributed by atoms with van der Waals surface area (Å²) in [6.45, 7) is 3.34. The lowest BCUT2D eigenvalue weighted by atomic mass is 10.1. The summed E-state index contributed by atoms with van der Waals surface area (Å²) in [7, 11) is 0. The average Bonchev–Trinajstić information content (AvgIpc) is 2.53. The predicted molar refractivity (Wildman–Crippen MR) is 74.1 cm³/mol. The van der Waals surface area contributed by atoms with E-state index in [1.807, 2.05) is 12.3 Å². The molecular formula is C12H18ClN3S. The standard InChI is InChI=1S/C12H18ClN3S/c1-9-6-4-3-5-7-16(9)11-8-10(13)14-12(15-11)17-2/h8-9H,3-7H2,1-2H3. The number of hydrogen-bond donors (Lipinski definition) is 0. The van der Waals surface area contributed by atoms with Gasteiger partial charge in [0.05, 0.1) is 0 Å². The Morgan fingerprint density at radius 1 is 1.35 bits per heavy atom. The number of nitrogens with zero attached hydrogens (tertiary/aromatic N) is 3. The van der Waals surface area contributed by atoms with Crippen molar-refractivity contribution in [2.24, 2.45) is 0 Å². The lowest BCUT2D eigenvalue weighted by Gasteiger charge is -2.28. The smallest absolute Gasteiger partial charge is 0.190 e. The first kappa shape index (κ1) is 13.0. The quantitative estimate of drug-likeness (QED) is 0.467. The average molecular weight is 272 g/mol. The molecular weight excluding hydrogens is 254 g/mol. The number of rotatable bonds is 2. The maximum Gasteiger partial charge on any atom is 0.190 e. The zero-order valence-electron chi connectivity index (χ0n) is 10.3. The van der Waals surface area contributed by atoms with Crippen molar-refractivity contribution in [3.05, 3.63) is 11.2 Å². The molecule has 2 heterocycles. The maximum atomic E-state index is 6.05. The van der Waals surface area contributed by atoms with Crippen LogP contribution < -0.4 is 4.90 Å². The number of halogens is 1. The molecule has 2 rings (SSSR count). The minimum atomic E-state index is 0.538. The molecule has 1 fully saturated rings. The fourth-order valence-electron chi connectivity index (χ4n) is 2.24. The molecule has 0 amide bonds. The van der Waals surface area contributed by atoms with Gasteiger partial charge in [-0.3, -0.25) is 0 Å². The molecule has 1 saturated heterocycles. The Balaban J connectivity index is 2.27. The summed E-state index contributed by atoms with van der Waals surface area (Å²) in [5, 5.41) is 1.29. The van der Waals surface area contributed by atoms with E-state index in [9.17, 15) is 0 Å². The van der Waals surface area contributed by atoms with E-state index in [-0.39, 0.29) is 0 Å². The molecule has 0 spiro atoms. The van der Waals surface area contributed by atoms with Gasteiger partial charge in [0.25, 0.3) is 0 Å². The molecule has 0 radical (unpaired) electrons. The van der Waals surface area contributed by atoms with Crippen molar-refractivity contribution < 1.29 is 0 Å². The van der Waals surface area contributed by atoms with Gasteiger partial charge in [-0.1, -0.05) is 36.2 Å². The monoisotopic (exact) mass is 271 g/mol. The highest BCUT2D eigenvalue weighted by atomic mass is 35.5. The summed E-state index contributed by atoms with van der Waals surface area (Å²) < 4.78 is 0. The number of hydrogen-bond acceptors (Lipinski definition) is 4. The van der Waals surface area contributed by atoms with Crippen LogP contribution in [0.25, 0.3) is 0 Å². The Bertz CT molecular complexity index is 386. The van der Waals surface area contributed by atoms with Gasteiger partial charge in [-0.05, 0) is 26.0 Å². The first-order chi connectivity index (χ1) is 8.20. The molecule has 1 aliphatic rings. The van der Waals surface area contributed by atoms with E-state index in [2.05, 4.69) is 21.8 Å². The van der Waals surface area contributed by atoms with Crippen LogP contribution in [0.5, 0.6) is 0 Å². The molecule has 17 heavy (non-hydrogen) atoms. The zero-order chi connectivity index (χ0) is 12.3. The molecule has 0 bridgehead atoms. The molecule has 1 aromatic rings. The third-order valence-electron chi connectivity index (χ3n) is 3.19. The summed E-state index contributed by atoms with van der Waals surface area (Å²) >= 11 is 7.58. The molecule has 1 aromatic heterocycles. The van der Waals surface area contributed by atoms with Crippen LogP contribution in [0.2, 0.25) is 5.15 Å². The second-order valence-electron chi connectivity index (χ2n) is 4.43. The van der Waals surface area contributed by atoms with Gasteiger partial charge in [0.1, 0.15) is 11.0 Å². The number of thioether (sulfide) groups is 1. The molecule has 1 unspecified atom stereocenters. The summed E-state index contributed by atoms with van der Waals surface area (Å²) in [5.74, 6) is 0.976. The van der Waals surface area contributed by atoms with Crippen LogP contribution in [0, 0.1) is 0 Å². The Morgan fingerprint density at radius 3 is 2.94 bits per heavy atom. The highest BCUT2D eigenvalue weighted by Crippen LogP contribution is 2.25. The van der Waals surface area contributed by atoms with E-state index in [1.54, 1.807) is 0 Å². The van der Waals surface area contributed by atoms with Crippen molar-refractivity contribution >= 4 is 29.2 Å². The number of anilines is 1. The van der Waals surface area contributed by atoms with Gasteiger partial charge in [-0.15, -0.1) is 0 Å². The van der Waals surface area contributed by atoms with Crippen molar-refractivity contribution in [1.29, 1.82) is 0 Å². The van der Waals surface area contributed by atoms with Gasteiger partial charge >= 0.3 is 0 Å². The van der Waals surface area contributed by atoms with Gasteiger partial charge in [0.2, 0.25) is 0 Å². The van der Waals surface area contributed by atoms with E-state index in [1.165, 1.54) is 37.4 Å². The van der Waals surface area contributed by atoms with Crippen LogP contribution in [-0.2, 0) is 0 Å². The van der Waals surface area contributed by atoms with Crippen LogP contribution in [0.4, 0.5) is 5.82 Å². The summed E-state index contributed by atoms with van der Waals surface area (Å²) in [6, 6.07) is 2.42. The minimum absolute atomic E-state index is 0.538. The maximum absolute atomic E-state index is 6.05. The van der Waals surface area contributed by atoms with Crippen molar-refractivity contribution in [1.82, 2.24) is 9.97 Å². The normalized spacial score (nSPS) is 21.4. The van der Waals surface area contributed by atoms with E-state index in [4.69, 9.17) is 11.6 Å². The fraction of sp³-hybridized carbons (Fsp3) is 0.667. The van der Waals surface area contributed by atoms with E-state index in [0.717, 1.165) is 17.5 Å². The Labute approximate surface area is 112 Å². The van der Waals surface area contributed by atoms with Crippen LogP contribution in [0.3, 0.4) is 0 Å². The largest absolute Gasteiger partial charge is 0.354 e. The Hall–Kier alpha value is -0.480. The second-order valence-corrected chi connectivity index (χ2v) is 5.59. The van der Waals surface area contributed by atoms with Crippen LogP contribution >= 0.6 is 23.4 Å². The second kappa shape index (κ2) is 5.91. The lowest BCUT2D eigenvalue weighted by Crippen LogP contribution is -2.33. The Kier molecular flexibility index (Phi) is 4.51. The van der Waals surface area contributed by atoms with Crippen LogP contribution in [0.15, 0.2) is 11.2 Å². The zero-order valence-corrected chi connectivity index (χ0v) is 11.9. The van der Waals surface area contributed by atoms with Crippen molar-refractivity contribution in [2.45, 2.75) is 43.8 Å². The van der Waals surface area contributed by atoms with E-state index in [0.29, 0.717) is 11.2 Å². The molecule has 1 aliphatic heterocycles. The van der Waals surface area contributed by atoms with E-state index >= 15 is 0 Å². The Morgan fingerprint density at radius 2 is 2.18 bits per heavy atom. The van der Waals surface area contributed by atoms with Gasteiger partial charge in [0, 0.05) is 18.7 Å². The molecule has 3 nitrogen and oxygen atoms in total. The van der Waals surface area contributed by atoms with Crippen molar-refractivity contribution in [3.63, 3.8) is 0 Å². The third-order valence-corrected chi connectivity index (χ3v) is 3.93. The summed E-state index contributed by atoms with van der Waals surface area (Å²) in [5.41, 5.74) is 0. The minimum Gasteiger partial charge on any atom is -0.354 e. The van der Waals surface area contributed by atoms with Crippen molar-refractivity contribution in [2.75, 3.05) is 17.7 Å². The van der Waals surface area contributed by atoms with Crippen LogP contribution in [-0.4, -0.2) is 28.8 Å². The first-order valence-corrected chi connectivity index (χ1v) is 7.66.